The number of nitrogens with zero attached hydrogens (tertiary/aromatic N) is 1. The van der Waals surface area contributed by atoms with Crippen LogP contribution in [0.25, 0.3) is 0 Å². The fourth-order valence-corrected chi connectivity index (χ4v) is 1.64. The van der Waals surface area contributed by atoms with Gasteiger partial charge in [0.05, 0.1) is 6.10 Å². The second-order valence-electron chi connectivity index (χ2n) is 3.98. The number of hydrogen-bond acceptors (Lipinski definition) is 3. The molecule has 94 valence electrons. The maximum absolute atomic E-state index is 11.7. The van der Waals surface area contributed by atoms with Gasteiger partial charge < -0.3 is 10.4 Å². The third kappa shape index (κ3) is 4.71. The molecule has 2 N–H and O–H groups in total. The Labute approximate surface area is 106 Å². The fourth-order valence-electron chi connectivity index (χ4n) is 1.41. The molecule has 5 heteroatoms. The normalized spacial score (nSPS) is 12.2. The topological polar surface area (TPSA) is 62.2 Å². The number of halogens is 1. The molecular formula is C12H17ClN2O2. The van der Waals surface area contributed by atoms with E-state index in [9.17, 15) is 4.79 Å². The lowest BCUT2D eigenvalue weighted by molar-refractivity contribution is 0.0924. The van der Waals surface area contributed by atoms with Crippen molar-refractivity contribution >= 4 is 17.5 Å². The molecule has 0 aliphatic rings. The van der Waals surface area contributed by atoms with E-state index in [0.29, 0.717) is 10.7 Å². The van der Waals surface area contributed by atoms with E-state index in [-0.39, 0.29) is 12.5 Å². The minimum absolute atomic E-state index is 0.224. The summed E-state index contributed by atoms with van der Waals surface area (Å²) in [4.78, 5) is 15.9. The van der Waals surface area contributed by atoms with Crippen LogP contribution in [0.4, 0.5) is 0 Å². The summed E-state index contributed by atoms with van der Waals surface area (Å²) in [6, 6.07) is 3.25. The first kappa shape index (κ1) is 13.9. The number of carbonyl (C=O) groups excluding carboxylic acids is 1. The van der Waals surface area contributed by atoms with Crippen molar-refractivity contribution in [2.45, 2.75) is 32.8 Å². The SMILES string of the molecule is CCCc1cc(C(=O)NC[C@@H](C)O)cc(Cl)n1. The monoisotopic (exact) mass is 256 g/mol. The number of aliphatic hydroxyl groups is 1. The molecule has 0 spiro atoms. The van der Waals surface area contributed by atoms with Gasteiger partial charge in [0, 0.05) is 17.8 Å². The number of aromatic nitrogens is 1. The van der Waals surface area contributed by atoms with Crippen molar-refractivity contribution in [2.24, 2.45) is 0 Å². The molecule has 4 nitrogen and oxygen atoms in total. The Bertz CT molecular complexity index is 394. The predicted octanol–water partition coefficient (Wildman–Crippen LogP) is 1.80. The van der Waals surface area contributed by atoms with Crippen molar-refractivity contribution in [1.29, 1.82) is 0 Å². The molecule has 0 radical (unpaired) electrons. The van der Waals surface area contributed by atoms with Gasteiger partial charge in [-0.1, -0.05) is 24.9 Å². The molecule has 0 saturated carbocycles. The first-order valence-corrected chi connectivity index (χ1v) is 6.03. The first-order chi connectivity index (χ1) is 8.02. The lowest BCUT2D eigenvalue weighted by Crippen LogP contribution is -2.30. The van der Waals surface area contributed by atoms with Crippen molar-refractivity contribution in [2.75, 3.05) is 6.54 Å². The Kier molecular flexibility index (Phi) is 5.38. The van der Waals surface area contributed by atoms with Crippen molar-refractivity contribution in [1.82, 2.24) is 10.3 Å². The first-order valence-electron chi connectivity index (χ1n) is 5.65. The maximum Gasteiger partial charge on any atom is 0.251 e. The zero-order valence-electron chi connectivity index (χ0n) is 10.0. The van der Waals surface area contributed by atoms with Crippen molar-refractivity contribution < 1.29 is 9.90 Å². The number of pyridine rings is 1. The van der Waals surface area contributed by atoms with Gasteiger partial charge in [-0.25, -0.2) is 4.98 Å². The molecule has 1 atom stereocenters. The van der Waals surface area contributed by atoms with Crippen LogP contribution in [0.5, 0.6) is 0 Å². The second kappa shape index (κ2) is 6.57. The summed E-state index contributed by atoms with van der Waals surface area (Å²) in [5.41, 5.74) is 1.29. The van der Waals surface area contributed by atoms with Crippen LogP contribution >= 0.6 is 11.6 Å². The quantitative estimate of drug-likeness (QED) is 0.790. The van der Waals surface area contributed by atoms with Crippen molar-refractivity contribution in [3.63, 3.8) is 0 Å². The fraction of sp³-hybridized carbons (Fsp3) is 0.500. The van der Waals surface area contributed by atoms with Gasteiger partial charge in [0.2, 0.25) is 0 Å². The highest BCUT2D eigenvalue weighted by Gasteiger charge is 2.09. The van der Waals surface area contributed by atoms with Gasteiger partial charge in [-0.3, -0.25) is 4.79 Å². The van der Waals surface area contributed by atoms with Crippen LogP contribution in [0.15, 0.2) is 12.1 Å². The average Bonchev–Trinajstić information content (AvgIpc) is 2.25. The summed E-state index contributed by atoms with van der Waals surface area (Å²) >= 11 is 5.85. The van der Waals surface area contributed by atoms with Gasteiger partial charge in [-0.15, -0.1) is 0 Å². The van der Waals surface area contributed by atoms with Crippen LogP contribution in [0.1, 0.15) is 36.3 Å². The van der Waals surface area contributed by atoms with Crippen LogP contribution in [0.2, 0.25) is 5.15 Å². The van der Waals surface area contributed by atoms with Gasteiger partial charge >= 0.3 is 0 Å². The zero-order chi connectivity index (χ0) is 12.8. The van der Waals surface area contributed by atoms with Gasteiger partial charge in [0.15, 0.2) is 0 Å². The van der Waals surface area contributed by atoms with Crippen LogP contribution in [-0.4, -0.2) is 28.6 Å². The largest absolute Gasteiger partial charge is 0.392 e. The molecule has 0 unspecified atom stereocenters. The Morgan fingerprint density at radius 3 is 2.88 bits per heavy atom. The minimum Gasteiger partial charge on any atom is -0.392 e. The molecule has 17 heavy (non-hydrogen) atoms. The highest BCUT2D eigenvalue weighted by molar-refractivity contribution is 6.29. The summed E-state index contributed by atoms with van der Waals surface area (Å²) in [5.74, 6) is -0.243. The maximum atomic E-state index is 11.7. The summed E-state index contributed by atoms with van der Waals surface area (Å²) < 4.78 is 0. The Morgan fingerprint density at radius 1 is 1.59 bits per heavy atom. The molecular weight excluding hydrogens is 240 g/mol. The summed E-state index contributed by atoms with van der Waals surface area (Å²) in [6.45, 7) is 3.87. The van der Waals surface area contributed by atoms with E-state index in [0.717, 1.165) is 18.5 Å². The molecule has 0 aliphatic heterocycles. The van der Waals surface area contributed by atoms with Crippen LogP contribution in [0.3, 0.4) is 0 Å². The van der Waals surface area contributed by atoms with Gasteiger partial charge in [-0.2, -0.15) is 0 Å². The third-order valence-electron chi connectivity index (χ3n) is 2.17. The van der Waals surface area contributed by atoms with E-state index >= 15 is 0 Å². The highest BCUT2D eigenvalue weighted by Crippen LogP contribution is 2.12. The summed E-state index contributed by atoms with van der Waals surface area (Å²) in [6.07, 6.45) is 1.17. The molecule has 0 aromatic carbocycles. The molecule has 1 rings (SSSR count). The zero-order valence-corrected chi connectivity index (χ0v) is 10.8. The molecule has 1 aromatic heterocycles. The van der Waals surface area contributed by atoms with Gasteiger partial charge in [0.1, 0.15) is 5.15 Å². The number of amides is 1. The molecule has 0 fully saturated rings. The van der Waals surface area contributed by atoms with Gasteiger partial charge in [0.25, 0.3) is 5.91 Å². The molecule has 1 aromatic rings. The van der Waals surface area contributed by atoms with E-state index in [1.807, 2.05) is 6.92 Å². The average molecular weight is 257 g/mol. The highest BCUT2D eigenvalue weighted by atomic mass is 35.5. The number of hydrogen-bond donors (Lipinski definition) is 2. The van der Waals surface area contributed by atoms with E-state index in [2.05, 4.69) is 10.3 Å². The second-order valence-corrected chi connectivity index (χ2v) is 4.37. The lowest BCUT2D eigenvalue weighted by Gasteiger charge is -2.08. The van der Waals surface area contributed by atoms with Crippen LogP contribution < -0.4 is 5.32 Å². The number of carbonyl (C=O) groups is 1. The van der Waals surface area contributed by atoms with E-state index < -0.39 is 6.10 Å². The molecule has 0 saturated heterocycles. The van der Waals surface area contributed by atoms with Crippen molar-refractivity contribution in [3.05, 3.63) is 28.5 Å². The standard InChI is InChI=1S/C12H17ClN2O2/c1-3-4-10-5-9(6-11(13)15-10)12(17)14-7-8(2)16/h5-6,8,16H,3-4,7H2,1-2H3,(H,14,17)/t8-/m1/s1. The van der Waals surface area contributed by atoms with Crippen LogP contribution in [0, 0.1) is 0 Å². The van der Waals surface area contributed by atoms with Gasteiger partial charge in [-0.05, 0) is 25.5 Å². The van der Waals surface area contributed by atoms with Crippen LogP contribution in [-0.2, 0) is 6.42 Å². The summed E-state index contributed by atoms with van der Waals surface area (Å²) in [7, 11) is 0. The predicted molar refractivity (Wildman–Crippen MR) is 67.3 cm³/mol. The Morgan fingerprint density at radius 2 is 2.29 bits per heavy atom. The molecule has 0 bridgehead atoms. The van der Waals surface area contributed by atoms with E-state index in [4.69, 9.17) is 16.7 Å². The molecule has 0 aliphatic carbocycles. The number of aryl methyl sites for hydroxylation is 1. The Balaban J connectivity index is 2.78. The molecule has 1 amide bonds. The minimum atomic E-state index is -0.564. The number of nitrogens with one attached hydrogen (secondary N) is 1. The summed E-state index contributed by atoms with van der Waals surface area (Å²) in [5, 5.41) is 12.0. The van der Waals surface area contributed by atoms with E-state index in [1.165, 1.54) is 6.07 Å². The number of rotatable bonds is 5. The van der Waals surface area contributed by atoms with E-state index in [1.54, 1.807) is 13.0 Å². The smallest absolute Gasteiger partial charge is 0.251 e. The number of aliphatic hydroxyl groups excluding tert-OH is 1. The molecule has 1 heterocycles. The lowest BCUT2D eigenvalue weighted by atomic mass is 10.1. The third-order valence-corrected chi connectivity index (χ3v) is 2.37. The Hall–Kier alpha value is -1.13. The van der Waals surface area contributed by atoms with Crippen molar-refractivity contribution in [3.8, 4) is 0 Å².